The molecular weight excluding hydrogens is 358 g/mol. The first-order chi connectivity index (χ1) is 13.5. The molecule has 4 aliphatic heterocycles. The van der Waals surface area contributed by atoms with E-state index in [-0.39, 0.29) is 30.0 Å². The summed E-state index contributed by atoms with van der Waals surface area (Å²) >= 11 is 0. The average molecular weight is 389 g/mol. The Hall–Kier alpha value is -1.79. The van der Waals surface area contributed by atoms with E-state index in [1.807, 2.05) is 0 Å². The summed E-state index contributed by atoms with van der Waals surface area (Å²) in [7, 11) is 1.55. The number of ether oxygens (including phenoxy) is 3. The van der Waals surface area contributed by atoms with Gasteiger partial charge in [0, 0.05) is 30.5 Å². The van der Waals surface area contributed by atoms with Gasteiger partial charge in [0.2, 0.25) is 5.76 Å². The highest BCUT2D eigenvalue weighted by molar-refractivity contribution is 5.93. The average Bonchev–Trinajstić information content (AvgIpc) is 3.08. The standard InChI is InChI=1S/C22H31NO5/c1-5-16(24)14-8-6-9-15-18-12(2)20(27-17(18)10-7-11-23(14)15)21-19(26-4)13(3)22(25)28-21/h10,12,14-16,18,24H,5-9,11H2,1-4H3/b21-20+/t12-,14-,15-,16+,18+/m0/s1. The lowest BCUT2D eigenvalue weighted by Crippen LogP contribution is -2.54. The SMILES string of the molecule is CC[C@@H](O)[C@@H]1CCC[C@H]2[C@@H]3C(=CCCN21)O/C(=C1/OC(=O)C(C)=C1OC)[C@H]3C. The summed E-state index contributed by atoms with van der Waals surface area (Å²) in [4.78, 5) is 14.6. The lowest BCUT2D eigenvalue weighted by molar-refractivity contribution is -0.133. The molecule has 0 saturated carbocycles. The van der Waals surface area contributed by atoms with Gasteiger partial charge in [0.1, 0.15) is 5.76 Å². The van der Waals surface area contributed by atoms with Gasteiger partial charge < -0.3 is 19.3 Å². The van der Waals surface area contributed by atoms with Crippen LogP contribution in [0.5, 0.6) is 0 Å². The summed E-state index contributed by atoms with van der Waals surface area (Å²) in [6.07, 6.45) is 6.82. The molecular formula is C22H31NO5. The number of carbonyl (C=O) groups excluding carboxylic acids is 1. The minimum atomic E-state index is -0.373. The van der Waals surface area contributed by atoms with Gasteiger partial charge in [0.05, 0.1) is 18.8 Å². The van der Waals surface area contributed by atoms with Crippen molar-refractivity contribution in [2.75, 3.05) is 13.7 Å². The molecule has 0 unspecified atom stereocenters. The van der Waals surface area contributed by atoms with Crippen molar-refractivity contribution in [3.8, 4) is 0 Å². The molecule has 0 aromatic heterocycles. The molecule has 4 rings (SSSR count). The third-order valence-electron chi connectivity index (χ3n) is 6.85. The number of esters is 1. The molecule has 0 aromatic carbocycles. The highest BCUT2D eigenvalue weighted by Crippen LogP contribution is 2.49. The molecule has 1 N–H and O–H groups in total. The van der Waals surface area contributed by atoms with Crippen LogP contribution in [0.2, 0.25) is 0 Å². The number of fused-ring (bicyclic) bond motifs is 3. The summed E-state index contributed by atoms with van der Waals surface area (Å²) in [5.74, 6) is 2.48. The molecule has 2 fully saturated rings. The third-order valence-corrected chi connectivity index (χ3v) is 6.85. The third kappa shape index (κ3) is 2.98. The topological polar surface area (TPSA) is 68.2 Å². The van der Waals surface area contributed by atoms with Gasteiger partial charge in [-0.3, -0.25) is 4.90 Å². The van der Waals surface area contributed by atoms with Gasteiger partial charge in [-0.1, -0.05) is 20.3 Å². The summed E-state index contributed by atoms with van der Waals surface area (Å²) < 4.78 is 17.3. The first kappa shape index (κ1) is 19.5. The maximum absolute atomic E-state index is 12.1. The lowest BCUT2D eigenvalue weighted by atomic mass is 9.79. The van der Waals surface area contributed by atoms with Gasteiger partial charge in [-0.05, 0) is 38.7 Å². The van der Waals surface area contributed by atoms with Gasteiger partial charge in [0.15, 0.2) is 11.5 Å². The van der Waals surface area contributed by atoms with E-state index in [9.17, 15) is 9.90 Å². The van der Waals surface area contributed by atoms with Crippen LogP contribution in [-0.4, -0.2) is 47.8 Å². The van der Waals surface area contributed by atoms with Crippen molar-refractivity contribution in [2.45, 2.75) is 71.1 Å². The van der Waals surface area contributed by atoms with Crippen LogP contribution in [-0.2, 0) is 19.0 Å². The molecule has 6 nitrogen and oxygen atoms in total. The van der Waals surface area contributed by atoms with Crippen LogP contribution in [0.4, 0.5) is 0 Å². The molecule has 0 amide bonds. The van der Waals surface area contributed by atoms with Crippen LogP contribution in [0.3, 0.4) is 0 Å². The van der Waals surface area contributed by atoms with E-state index in [1.54, 1.807) is 14.0 Å². The lowest BCUT2D eigenvalue weighted by Gasteiger charge is -2.46. The fourth-order valence-electron chi connectivity index (χ4n) is 5.41. The molecule has 0 aliphatic carbocycles. The Morgan fingerprint density at radius 2 is 2.14 bits per heavy atom. The van der Waals surface area contributed by atoms with E-state index >= 15 is 0 Å². The van der Waals surface area contributed by atoms with Crippen LogP contribution < -0.4 is 0 Å². The molecule has 0 spiro atoms. The maximum Gasteiger partial charge on any atom is 0.343 e. The largest absolute Gasteiger partial charge is 0.492 e. The number of aliphatic hydroxyl groups is 1. The van der Waals surface area contributed by atoms with Crippen molar-refractivity contribution in [2.24, 2.45) is 11.8 Å². The fourth-order valence-corrected chi connectivity index (χ4v) is 5.41. The summed E-state index contributed by atoms with van der Waals surface area (Å²) in [5, 5.41) is 10.6. The quantitative estimate of drug-likeness (QED) is 0.748. The number of piperidine rings is 1. The molecule has 0 radical (unpaired) electrons. The van der Waals surface area contributed by atoms with Crippen molar-refractivity contribution >= 4 is 5.97 Å². The Kier molecular flexibility index (Phi) is 5.27. The Bertz CT molecular complexity index is 752. The molecule has 2 saturated heterocycles. The number of rotatable bonds is 3. The van der Waals surface area contributed by atoms with Gasteiger partial charge >= 0.3 is 5.97 Å². The predicted octanol–water partition coefficient (Wildman–Crippen LogP) is 3.24. The van der Waals surface area contributed by atoms with Gasteiger partial charge in [0.25, 0.3) is 0 Å². The zero-order valence-electron chi connectivity index (χ0n) is 17.2. The number of hydrogen-bond acceptors (Lipinski definition) is 6. The first-order valence-electron chi connectivity index (χ1n) is 10.5. The van der Waals surface area contributed by atoms with Crippen molar-refractivity contribution < 1.29 is 24.1 Å². The predicted molar refractivity (Wildman–Crippen MR) is 104 cm³/mol. The minimum Gasteiger partial charge on any atom is -0.492 e. The fraction of sp³-hybridized carbons (Fsp3) is 0.682. The van der Waals surface area contributed by atoms with E-state index in [2.05, 4.69) is 24.8 Å². The summed E-state index contributed by atoms with van der Waals surface area (Å²) in [6, 6.07) is 0.538. The normalized spacial score (nSPS) is 36.9. The second-order valence-electron chi connectivity index (χ2n) is 8.33. The summed E-state index contributed by atoms with van der Waals surface area (Å²) in [6.45, 7) is 6.86. The number of methoxy groups -OCH3 is 1. The van der Waals surface area contributed by atoms with Gasteiger partial charge in [-0.2, -0.15) is 0 Å². The van der Waals surface area contributed by atoms with Crippen molar-refractivity contribution in [3.05, 3.63) is 34.7 Å². The summed E-state index contributed by atoms with van der Waals surface area (Å²) in [5.41, 5.74) is 0.479. The molecule has 0 aromatic rings. The molecule has 28 heavy (non-hydrogen) atoms. The van der Waals surface area contributed by atoms with Crippen molar-refractivity contribution in [3.63, 3.8) is 0 Å². The maximum atomic E-state index is 12.1. The smallest absolute Gasteiger partial charge is 0.343 e. The Morgan fingerprint density at radius 3 is 2.86 bits per heavy atom. The highest BCUT2D eigenvalue weighted by atomic mass is 16.6. The number of allylic oxidation sites excluding steroid dienone is 1. The second-order valence-corrected chi connectivity index (χ2v) is 8.33. The van der Waals surface area contributed by atoms with E-state index in [0.717, 1.165) is 44.4 Å². The Morgan fingerprint density at radius 1 is 1.36 bits per heavy atom. The van der Waals surface area contributed by atoms with Crippen molar-refractivity contribution in [1.29, 1.82) is 0 Å². The van der Waals surface area contributed by atoms with Gasteiger partial charge in [-0.15, -0.1) is 0 Å². The van der Waals surface area contributed by atoms with Crippen LogP contribution in [0, 0.1) is 11.8 Å². The number of hydrogen-bond donors (Lipinski definition) is 1. The molecule has 5 atom stereocenters. The molecule has 0 bridgehead atoms. The van der Waals surface area contributed by atoms with E-state index < -0.39 is 0 Å². The Labute approximate surface area is 166 Å². The monoisotopic (exact) mass is 389 g/mol. The first-order valence-corrected chi connectivity index (χ1v) is 10.5. The number of aliphatic hydroxyl groups excluding tert-OH is 1. The van der Waals surface area contributed by atoms with E-state index in [1.165, 1.54) is 0 Å². The molecule has 4 aliphatic rings. The number of carbonyl (C=O) groups is 1. The molecule has 4 heterocycles. The Balaban J connectivity index is 1.69. The minimum absolute atomic E-state index is 0.0771. The second kappa shape index (κ2) is 7.56. The zero-order chi connectivity index (χ0) is 20.0. The van der Waals surface area contributed by atoms with Crippen LogP contribution in [0.25, 0.3) is 0 Å². The molecule has 6 heteroatoms. The van der Waals surface area contributed by atoms with Gasteiger partial charge in [-0.25, -0.2) is 4.79 Å². The zero-order valence-corrected chi connectivity index (χ0v) is 17.2. The number of cyclic esters (lactones) is 1. The van der Waals surface area contributed by atoms with Crippen molar-refractivity contribution in [1.82, 2.24) is 4.90 Å². The van der Waals surface area contributed by atoms with E-state index in [4.69, 9.17) is 14.2 Å². The highest BCUT2D eigenvalue weighted by Gasteiger charge is 2.49. The van der Waals surface area contributed by atoms with Crippen LogP contribution in [0.15, 0.2) is 34.7 Å². The number of nitrogens with zero attached hydrogens (tertiary/aromatic N) is 1. The van der Waals surface area contributed by atoms with Crippen LogP contribution >= 0.6 is 0 Å². The van der Waals surface area contributed by atoms with Crippen LogP contribution in [0.1, 0.15) is 52.9 Å². The van der Waals surface area contributed by atoms with E-state index in [0.29, 0.717) is 28.9 Å². The molecule has 154 valence electrons.